The van der Waals surface area contributed by atoms with Gasteiger partial charge < -0.3 is 13.3 Å². The van der Waals surface area contributed by atoms with Crippen molar-refractivity contribution in [2.75, 3.05) is 0 Å². The van der Waals surface area contributed by atoms with Crippen LogP contribution in [-0.4, -0.2) is 15.0 Å². The van der Waals surface area contributed by atoms with Crippen LogP contribution in [0.1, 0.15) is 22.3 Å². The number of benzene rings is 10. The quantitative estimate of drug-likeness (QED) is 0.165. The van der Waals surface area contributed by atoms with E-state index in [1.54, 1.807) is 0 Å². The second-order valence-electron chi connectivity index (χ2n) is 18.2. The highest BCUT2D eigenvalue weighted by molar-refractivity contribution is 6.14. The summed E-state index contributed by atoms with van der Waals surface area (Å²) in [5, 5.41) is 5.95. The molecule has 4 heterocycles. The van der Waals surface area contributed by atoms with E-state index in [0.29, 0.717) is 17.5 Å². The average molecular weight is 896 g/mol. The van der Waals surface area contributed by atoms with Crippen molar-refractivity contribution < 1.29 is 13.3 Å². The van der Waals surface area contributed by atoms with Crippen molar-refractivity contribution in [2.24, 2.45) is 0 Å². The minimum absolute atomic E-state index is 0.514. The topological polar surface area (TPSA) is 78.1 Å². The number of para-hydroxylation sites is 2. The molecule has 0 N–H and O–H groups in total. The van der Waals surface area contributed by atoms with E-state index in [1.165, 1.54) is 33.4 Å². The molecule has 15 rings (SSSR count). The van der Waals surface area contributed by atoms with Gasteiger partial charge in [0.15, 0.2) is 17.5 Å². The normalized spacial score (nSPS) is 13.0. The minimum atomic E-state index is -0.514. The summed E-state index contributed by atoms with van der Waals surface area (Å²) in [4.78, 5) is 15.9. The van der Waals surface area contributed by atoms with E-state index < -0.39 is 5.41 Å². The standard InChI is InChI=1S/C64H37N3O3/c1-3-15-41(16-4-1)64(42-17-5-2-6-18-42)51-24-10-7-19-43(51)44-32-29-39(36-52(44)64)38-31-34-55-50(35-38)60-49(23-14-28-57(60)69-55)63-66-61(40-30-33-46-45-20-8-11-25-53(45)70-58(46)37-40)65-62(67-63)48-22-13-27-56-59(48)47-21-9-12-26-54(47)68-56/h1-37H. The number of fused-ring (bicyclic) bond motifs is 12. The SMILES string of the molecule is c1ccc(C2(c3ccccc3)c3ccccc3-c3ccc(-c4ccc5oc6cccc(-c7nc(-c8ccc9c(c8)oc8ccccc89)nc(-c8cccc9oc%10ccccc%10c89)n7)c6c5c4)cc32)cc1. The lowest BCUT2D eigenvalue weighted by Crippen LogP contribution is -2.28. The minimum Gasteiger partial charge on any atom is -0.456 e. The van der Waals surface area contributed by atoms with Gasteiger partial charge in [-0.3, -0.25) is 0 Å². The molecule has 0 radical (unpaired) electrons. The smallest absolute Gasteiger partial charge is 0.164 e. The molecular weight excluding hydrogens is 859 g/mol. The van der Waals surface area contributed by atoms with Crippen LogP contribution in [0.4, 0.5) is 0 Å². The van der Waals surface area contributed by atoms with E-state index in [2.05, 4.69) is 158 Å². The highest BCUT2D eigenvalue weighted by Crippen LogP contribution is 2.57. The van der Waals surface area contributed by atoms with Crippen molar-refractivity contribution in [2.45, 2.75) is 5.41 Å². The highest BCUT2D eigenvalue weighted by Gasteiger charge is 2.46. The van der Waals surface area contributed by atoms with Crippen molar-refractivity contribution in [3.63, 3.8) is 0 Å². The molecule has 0 atom stereocenters. The molecule has 0 aliphatic heterocycles. The molecule has 0 saturated carbocycles. The maximum atomic E-state index is 6.68. The zero-order valence-corrected chi connectivity index (χ0v) is 37.4. The van der Waals surface area contributed by atoms with Crippen molar-refractivity contribution in [1.82, 2.24) is 15.0 Å². The summed E-state index contributed by atoms with van der Waals surface area (Å²) in [6.45, 7) is 0. The Bertz CT molecular complexity index is 4390. The monoisotopic (exact) mass is 895 g/mol. The van der Waals surface area contributed by atoms with Gasteiger partial charge in [-0.05, 0) is 99.1 Å². The molecule has 4 aromatic heterocycles. The number of furan rings is 3. The molecule has 6 nitrogen and oxygen atoms in total. The molecule has 6 heteroatoms. The van der Waals surface area contributed by atoms with Crippen molar-refractivity contribution in [1.29, 1.82) is 0 Å². The Morgan fingerprint density at radius 3 is 1.49 bits per heavy atom. The van der Waals surface area contributed by atoms with E-state index >= 15 is 0 Å². The highest BCUT2D eigenvalue weighted by atomic mass is 16.3. The molecule has 1 aliphatic carbocycles. The Morgan fingerprint density at radius 1 is 0.271 bits per heavy atom. The summed E-state index contributed by atoms with van der Waals surface area (Å²) in [5.74, 6) is 1.59. The van der Waals surface area contributed by atoms with Gasteiger partial charge >= 0.3 is 0 Å². The predicted octanol–water partition coefficient (Wildman–Crippen LogP) is 16.6. The Morgan fingerprint density at radius 2 is 0.757 bits per heavy atom. The molecule has 0 bridgehead atoms. The predicted molar refractivity (Wildman–Crippen MR) is 281 cm³/mol. The van der Waals surface area contributed by atoms with E-state index in [0.717, 1.165) is 93.6 Å². The number of rotatable bonds is 6. The van der Waals surface area contributed by atoms with Gasteiger partial charge in [0.1, 0.15) is 33.5 Å². The lowest BCUT2D eigenvalue weighted by molar-refractivity contribution is 0.668. The van der Waals surface area contributed by atoms with Crippen molar-refractivity contribution >= 4 is 65.8 Å². The third-order valence-corrected chi connectivity index (χ3v) is 14.4. The van der Waals surface area contributed by atoms with E-state index in [1.807, 2.05) is 66.7 Å². The Balaban J connectivity index is 0.939. The first-order chi connectivity index (χ1) is 34.7. The fourth-order valence-electron chi connectivity index (χ4n) is 11.4. The van der Waals surface area contributed by atoms with E-state index in [9.17, 15) is 0 Å². The molecule has 326 valence electrons. The van der Waals surface area contributed by atoms with Crippen LogP contribution in [0.25, 0.3) is 122 Å². The Hall–Kier alpha value is -9.39. The number of hydrogen-bond donors (Lipinski definition) is 0. The summed E-state index contributed by atoms with van der Waals surface area (Å²) in [5.41, 5.74) is 16.4. The molecule has 70 heavy (non-hydrogen) atoms. The van der Waals surface area contributed by atoms with Gasteiger partial charge in [-0.1, -0.05) is 170 Å². The molecular formula is C64H37N3O3. The number of nitrogens with zero attached hydrogens (tertiary/aromatic N) is 3. The van der Waals surface area contributed by atoms with Gasteiger partial charge in [-0.25, -0.2) is 15.0 Å². The third-order valence-electron chi connectivity index (χ3n) is 14.4. The van der Waals surface area contributed by atoms with Crippen LogP contribution in [0.15, 0.2) is 238 Å². The molecule has 0 amide bonds. The van der Waals surface area contributed by atoms with Crippen molar-refractivity contribution in [3.05, 3.63) is 247 Å². The van der Waals surface area contributed by atoms with Gasteiger partial charge in [0.2, 0.25) is 0 Å². The molecule has 0 fully saturated rings. The lowest BCUT2D eigenvalue weighted by Gasteiger charge is -2.34. The van der Waals surface area contributed by atoms with Crippen molar-refractivity contribution in [3.8, 4) is 56.4 Å². The molecule has 0 unspecified atom stereocenters. The molecule has 1 aliphatic rings. The largest absolute Gasteiger partial charge is 0.456 e. The zero-order chi connectivity index (χ0) is 45.9. The zero-order valence-electron chi connectivity index (χ0n) is 37.4. The molecule has 14 aromatic rings. The Labute approximate surface area is 400 Å². The van der Waals surface area contributed by atoms with Crippen LogP contribution in [-0.2, 0) is 5.41 Å². The van der Waals surface area contributed by atoms with Gasteiger partial charge in [0.05, 0.1) is 5.41 Å². The van der Waals surface area contributed by atoms with Gasteiger partial charge in [-0.2, -0.15) is 0 Å². The molecule has 0 saturated heterocycles. The van der Waals surface area contributed by atoms with Crippen LogP contribution >= 0.6 is 0 Å². The van der Waals surface area contributed by atoms with Crippen LogP contribution in [0.2, 0.25) is 0 Å². The summed E-state index contributed by atoms with van der Waals surface area (Å²) in [6, 6.07) is 78.8. The summed E-state index contributed by atoms with van der Waals surface area (Å²) in [7, 11) is 0. The molecule has 0 spiro atoms. The summed E-state index contributed by atoms with van der Waals surface area (Å²) >= 11 is 0. The second-order valence-corrected chi connectivity index (χ2v) is 18.2. The van der Waals surface area contributed by atoms with E-state index in [-0.39, 0.29) is 0 Å². The average Bonchev–Trinajstić information content (AvgIpc) is 4.19. The second kappa shape index (κ2) is 14.8. The lowest BCUT2D eigenvalue weighted by atomic mass is 9.67. The Kier molecular flexibility index (Phi) is 8.18. The van der Waals surface area contributed by atoms with E-state index in [4.69, 9.17) is 28.2 Å². The first-order valence-corrected chi connectivity index (χ1v) is 23.6. The third kappa shape index (κ3) is 5.59. The maximum Gasteiger partial charge on any atom is 0.164 e. The first kappa shape index (κ1) is 38.7. The van der Waals surface area contributed by atoms with Gasteiger partial charge in [-0.15, -0.1) is 0 Å². The summed E-state index contributed by atoms with van der Waals surface area (Å²) in [6.07, 6.45) is 0. The molecule has 10 aromatic carbocycles. The summed E-state index contributed by atoms with van der Waals surface area (Å²) < 4.78 is 19.4. The fourth-order valence-corrected chi connectivity index (χ4v) is 11.4. The fraction of sp³-hybridized carbons (Fsp3) is 0.0156. The van der Waals surface area contributed by atoms with Crippen LogP contribution < -0.4 is 0 Å². The first-order valence-electron chi connectivity index (χ1n) is 23.6. The number of hydrogen-bond acceptors (Lipinski definition) is 6. The van der Waals surface area contributed by atoms with Crippen LogP contribution in [0.5, 0.6) is 0 Å². The van der Waals surface area contributed by atoms with Gasteiger partial charge in [0.25, 0.3) is 0 Å². The van der Waals surface area contributed by atoms with Crippen LogP contribution in [0, 0.1) is 0 Å². The van der Waals surface area contributed by atoms with Gasteiger partial charge in [0, 0.05) is 49.0 Å². The maximum absolute atomic E-state index is 6.68. The number of aromatic nitrogens is 3. The van der Waals surface area contributed by atoms with Crippen LogP contribution in [0.3, 0.4) is 0 Å².